The summed E-state index contributed by atoms with van der Waals surface area (Å²) in [6.45, 7) is 6.59. The van der Waals surface area contributed by atoms with Gasteiger partial charge in [-0.15, -0.1) is 0 Å². The Morgan fingerprint density at radius 3 is 2.59 bits per heavy atom. The number of carbonyl (C=O) groups excluding carboxylic acids is 2. The van der Waals surface area contributed by atoms with E-state index in [4.69, 9.17) is 33.5 Å². The number of fused-ring (bicyclic) bond motifs is 2. The van der Waals surface area contributed by atoms with E-state index in [-0.39, 0.29) is 36.5 Å². The summed E-state index contributed by atoms with van der Waals surface area (Å²) >= 11 is 0. The van der Waals surface area contributed by atoms with Crippen LogP contribution in [0.5, 0.6) is 11.5 Å². The Balaban J connectivity index is 1.12. The van der Waals surface area contributed by atoms with Gasteiger partial charge in [-0.1, -0.05) is 19.9 Å². The second-order valence-corrected chi connectivity index (χ2v) is 11.6. The molecule has 1 spiro atoms. The quantitative estimate of drug-likeness (QED) is 0.364. The molecule has 1 aromatic carbocycles. The number of hydrogen-bond acceptors (Lipinski definition) is 9. The molecule has 1 amide bonds. The largest absolute Gasteiger partial charge is 0.493 e. The molecule has 5 fully saturated rings. The Bertz CT molecular complexity index is 1070. The predicted molar refractivity (Wildman–Crippen MR) is 138 cm³/mol. The van der Waals surface area contributed by atoms with Crippen LogP contribution in [0.4, 0.5) is 0 Å². The molecule has 39 heavy (non-hydrogen) atoms. The lowest BCUT2D eigenvalue weighted by molar-refractivity contribution is -0.576. The van der Waals surface area contributed by atoms with Gasteiger partial charge in [-0.05, 0) is 62.1 Å². The number of ether oxygens (including phenoxy) is 5. The molecule has 5 aliphatic rings. The Kier molecular flexibility index (Phi) is 8.10. The van der Waals surface area contributed by atoms with Gasteiger partial charge in [-0.2, -0.15) is 0 Å². The van der Waals surface area contributed by atoms with Crippen LogP contribution in [0.1, 0.15) is 64.9 Å². The first-order valence-corrected chi connectivity index (χ1v) is 14.1. The Morgan fingerprint density at radius 2 is 1.82 bits per heavy atom. The molecule has 1 N–H and O–H groups in total. The monoisotopic (exact) mass is 547 g/mol. The molecule has 4 saturated heterocycles. The smallest absolute Gasteiger partial charge is 0.308 e. The number of hydrogen-bond donors (Lipinski definition) is 1. The lowest BCUT2D eigenvalue weighted by atomic mass is 9.58. The number of benzene rings is 1. The summed E-state index contributed by atoms with van der Waals surface area (Å²) in [5.74, 6) is 0.384. The summed E-state index contributed by atoms with van der Waals surface area (Å²) in [6, 6.07) is 5.64. The van der Waals surface area contributed by atoms with Crippen LogP contribution in [0.3, 0.4) is 0 Å². The van der Waals surface area contributed by atoms with Crippen molar-refractivity contribution in [1.29, 1.82) is 0 Å². The van der Waals surface area contributed by atoms with Crippen molar-refractivity contribution in [2.24, 2.45) is 23.7 Å². The average Bonchev–Trinajstić information content (AvgIpc) is 3.16. The van der Waals surface area contributed by atoms with Crippen molar-refractivity contribution in [2.45, 2.75) is 89.7 Å². The topological polar surface area (TPSA) is 111 Å². The van der Waals surface area contributed by atoms with Crippen molar-refractivity contribution in [2.75, 3.05) is 20.8 Å². The SMILES string of the molecule is COc1ccc(CCNC(=O)CCC(=O)O[C@@H]2O[C@@H]3O[C@]4(C)CC[C@H]5[C@H](C)CC[C@@H]([C@H]2C)[C@@]35OO4)cc1OC. The minimum atomic E-state index is -0.887. The first kappa shape index (κ1) is 28.1. The molecule has 2 bridgehead atoms. The predicted octanol–water partition coefficient (Wildman–Crippen LogP) is 3.89. The van der Waals surface area contributed by atoms with E-state index < -0.39 is 29.9 Å². The summed E-state index contributed by atoms with van der Waals surface area (Å²) in [4.78, 5) is 37.1. The van der Waals surface area contributed by atoms with Gasteiger partial charge in [0.05, 0.1) is 20.6 Å². The second-order valence-electron chi connectivity index (χ2n) is 11.6. The summed E-state index contributed by atoms with van der Waals surface area (Å²) in [5.41, 5.74) is 0.301. The molecule has 8 atom stereocenters. The van der Waals surface area contributed by atoms with Gasteiger partial charge >= 0.3 is 5.97 Å². The number of rotatable bonds is 9. The number of carbonyl (C=O) groups is 2. The van der Waals surface area contributed by atoms with Crippen LogP contribution in [0, 0.1) is 23.7 Å². The molecule has 216 valence electrons. The van der Waals surface area contributed by atoms with E-state index in [1.165, 1.54) is 0 Å². The molecule has 1 aromatic rings. The van der Waals surface area contributed by atoms with E-state index >= 15 is 0 Å². The summed E-state index contributed by atoms with van der Waals surface area (Å²) in [7, 11) is 3.17. The maximum Gasteiger partial charge on any atom is 0.308 e. The van der Waals surface area contributed by atoms with E-state index in [1.807, 2.05) is 32.0 Å². The van der Waals surface area contributed by atoms with Crippen molar-refractivity contribution < 1.29 is 43.0 Å². The van der Waals surface area contributed by atoms with Crippen LogP contribution in [0.2, 0.25) is 0 Å². The van der Waals surface area contributed by atoms with Crippen LogP contribution in [0.25, 0.3) is 0 Å². The number of methoxy groups -OCH3 is 2. The maximum atomic E-state index is 12.8. The van der Waals surface area contributed by atoms with Crippen molar-refractivity contribution >= 4 is 11.9 Å². The Morgan fingerprint density at radius 1 is 1.03 bits per heavy atom. The van der Waals surface area contributed by atoms with Gasteiger partial charge in [0.25, 0.3) is 0 Å². The zero-order valence-corrected chi connectivity index (χ0v) is 23.5. The fourth-order valence-electron chi connectivity index (χ4n) is 6.88. The number of esters is 1. The number of nitrogens with one attached hydrogen (secondary N) is 1. The summed E-state index contributed by atoms with van der Waals surface area (Å²) in [6.07, 6.45) is 2.82. The minimum Gasteiger partial charge on any atom is -0.493 e. The third kappa shape index (κ3) is 5.36. The van der Waals surface area contributed by atoms with Crippen LogP contribution >= 0.6 is 0 Å². The highest BCUT2D eigenvalue weighted by Gasteiger charge is 2.69. The van der Waals surface area contributed by atoms with E-state index in [2.05, 4.69) is 12.2 Å². The highest BCUT2D eigenvalue weighted by atomic mass is 17.3. The molecule has 4 aliphatic heterocycles. The van der Waals surface area contributed by atoms with Gasteiger partial charge < -0.3 is 29.0 Å². The summed E-state index contributed by atoms with van der Waals surface area (Å²) in [5, 5.41) is 2.86. The first-order valence-electron chi connectivity index (χ1n) is 14.1. The zero-order valence-electron chi connectivity index (χ0n) is 23.5. The lowest BCUT2D eigenvalue weighted by Gasteiger charge is -2.59. The van der Waals surface area contributed by atoms with E-state index in [0.29, 0.717) is 30.4 Å². The van der Waals surface area contributed by atoms with Crippen LogP contribution in [-0.4, -0.2) is 56.6 Å². The van der Waals surface area contributed by atoms with Gasteiger partial charge in [0.1, 0.15) is 0 Å². The molecule has 0 radical (unpaired) electrons. The standard InChI is InChI=1S/C29H41NO9/c1-17-6-8-21-18(2)26(36-27-29(21)20(17)12-14-28(3,37-27)38-39-29)35-25(32)11-10-24(31)30-15-13-19-7-9-22(33-4)23(16-19)34-5/h7,9,16-18,20-21,26-27H,6,8,10-15H2,1-5H3,(H,30,31)/t17-,18-,20+,21+,26-,27-,28+,29-/m1/s1. The lowest BCUT2D eigenvalue weighted by Crippen LogP contribution is -2.70. The van der Waals surface area contributed by atoms with Gasteiger partial charge in [-0.25, -0.2) is 9.78 Å². The Hall–Kier alpha value is -2.40. The summed E-state index contributed by atoms with van der Waals surface area (Å²) < 4.78 is 29.0. The highest BCUT2D eigenvalue weighted by Crippen LogP contribution is 2.60. The maximum absolute atomic E-state index is 12.8. The van der Waals surface area contributed by atoms with E-state index in [0.717, 1.165) is 31.2 Å². The third-order valence-corrected chi connectivity index (χ3v) is 9.08. The molecule has 1 saturated carbocycles. The van der Waals surface area contributed by atoms with Crippen LogP contribution in [-0.2, 0) is 40.0 Å². The van der Waals surface area contributed by atoms with Crippen LogP contribution in [0.15, 0.2) is 18.2 Å². The Labute approximate surface area is 229 Å². The van der Waals surface area contributed by atoms with Crippen molar-refractivity contribution in [3.8, 4) is 11.5 Å². The minimum absolute atomic E-state index is 0.0346. The third-order valence-electron chi connectivity index (χ3n) is 9.08. The zero-order chi connectivity index (χ0) is 27.8. The molecule has 1 aliphatic carbocycles. The molecule has 0 unspecified atom stereocenters. The number of amides is 1. The second kappa shape index (κ2) is 11.2. The molecular weight excluding hydrogens is 506 g/mol. The van der Waals surface area contributed by atoms with Crippen molar-refractivity contribution in [1.82, 2.24) is 5.32 Å². The fourth-order valence-corrected chi connectivity index (χ4v) is 6.88. The van der Waals surface area contributed by atoms with Gasteiger partial charge in [-0.3, -0.25) is 9.59 Å². The first-order chi connectivity index (χ1) is 18.7. The molecule has 6 rings (SSSR count). The van der Waals surface area contributed by atoms with Crippen LogP contribution < -0.4 is 14.8 Å². The molecule has 10 nitrogen and oxygen atoms in total. The van der Waals surface area contributed by atoms with Gasteiger partial charge in [0, 0.05) is 31.2 Å². The molecular formula is C29H41NO9. The molecule has 4 heterocycles. The van der Waals surface area contributed by atoms with Gasteiger partial charge in [0.2, 0.25) is 18.0 Å². The molecule has 10 heteroatoms. The fraction of sp³-hybridized carbons (Fsp3) is 0.724. The van der Waals surface area contributed by atoms with E-state index in [1.54, 1.807) is 14.2 Å². The highest BCUT2D eigenvalue weighted by molar-refractivity contribution is 5.81. The average molecular weight is 548 g/mol. The van der Waals surface area contributed by atoms with E-state index in [9.17, 15) is 9.59 Å². The van der Waals surface area contributed by atoms with Gasteiger partial charge in [0.15, 0.2) is 23.4 Å². The molecule has 0 aromatic heterocycles. The normalized spacial score (nSPS) is 36.8. The van der Waals surface area contributed by atoms with Crippen molar-refractivity contribution in [3.63, 3.8) is 0 Å². The van der Waals surface area contributed by atoms with Crippen molar-refractivity contribution in [3.05, 3.63) is 23.8 Å².